The first-order valence-electron chi connectivity index (χ1n) is 6.00. The van der Waals surface area contributed by atoms with Crippen molar-refractivity contribution in [3.63, 3.8) is 0 Å². The number of likely N-dealkylation sites (N-methyl/N-ethyl adjacent to an activating group) is 1. The fourth-order valence-electron chi connectivity index (χ4n) is 1.32. The van der Waals surface area contributed by atoms with Crippen LogP contribution in [-0.4, -0.2) is 29.4 Å². The second-order valence-electron chi connectivity index (χ2n) is 4.49. The molecule has 0 saturated carbocycles. The quantitative estimate of drug-likeness (QED) is 0.614. The topological polar surface area (TPSA) is 20.3 Å². The third-order valence-corrected chi connectivity index (χ3v) is 3.39. The van der Waals surface area contributed by atoms with Crippen molar-refractivity contribution in [1.29, 1.82) is 0 Å². The summed E-state index contributed by atoms with van der Waals surface area (Å²) >= 11 is -0.157. The van der Waals surface area contributed by atoms with Gasteiger partial charge in [-0.15, -0.1) is 0 Å². The molecule has 0 saturated heterocycles. The van der Waals surface area contributed by atoms with Gasteiger partial charge in [0.15, 0.2) is 0 Å². The van der Waals surface area contributed by atoms with Crippen LogP contribution >= 0.6 is 11.8 Å². The van der Waals surface area contributed by atoms with E-state index < -0.39 is 5.51 Å². The molecule has 0 spiro atoms. The van der Waals surface area contributed by atoms with Gasteiger partial charge in [-0.1, -0.05) is 12.1 Å². The summed E-state index contributed by atoms with van der Waals surface area (Å²) in [4.78, 5) is 13.4. The fraction of sp³-hybridized carbons (Fsp3) is 0.357. The van der Waals surface area contributed by atoms with E-state index in [1.54, 1.807) is 30.2 Å². The lowest BCUT2D eigenvalue weighted by Crippen LogP contribution is -2.31. The summed E-state index contributed by atoms with van der Waals surface area (Å²) in [5.74, 6) is -0.145. The largest absolute Gasteiger partial charge is 0.446 e. The molecule has 0 bridgehead atoms. The number of rotatable bonds is 4. The molecule has 1 aromatic carbocycles. The van der Waals surface area contributed by atoms with Crippen LogP contribution in [0.4, 0.5) is 13.2 Å². The van der Waals surface area contributed by atoms with Crippen molar-refractivity contribution in [3.05, 3.63) is 35.9 Å². The molecule has 0 radical (unpaired) electrons. The summed E-state index contributed by atoms with van der Waals surface area (Å²) in [6.07, 6.45) is 3.00. The highest BCUT2D eigenvalue weighted by atomic mass is 32.2. The minimum atomic E-state index is -4.28. The highest BCUT2D eigenvalue weighted by Crippen LogP contribution is 2.36. The molecule has 0 fully saturated rings. The van der Waals surface area contributed by atoms with Gasteiger partial charge in [-0.25, -0.2) is 0 Å². The summed E-state index contributed by atoms with van der Waals surface area (Å²) in [5, 5.41) is 0. The average molecular weight is 303 g/mol. The van der Waals surface area contributed by atoms with Crippen molar-refractivity contribution in [3.8, 4) is 0 Å². The molecule has 1 amide bonds. The maximum atomic E-state index is 12.2. The molecule has 0 N–H and O–H groups in total. The molecule has 0 aromatic heterocycles. The monoisotopic (exact) mass is 303 g/mol. The van der Waals surface area contributed by atoms with Crippen LogP contribution in [0.3, 0.4) is 0 Å². The van der Waals surface area contributed by atoms with E-state index in [1.165, 1.54) is 18.2 Å². The van der Waals surface area contributed by atoms with Crippen molar-refractivity contribution < 1.29 is 18.0 Å². The number of halogens is 3. The zero-order chi connectivity index (χ0) is 15.3. The van der Waals surface area contributed by atoms with Crippen molar-refractivity contribution in [2.45, 2.75) is 30.3 Å². The number of alkyl halides is 3. The van der Waals surface area contributed by atoms with Crippen molar-refractivity contribution in [2.24, 2.45) is 0 Å². The van der Waals surface area contributed by atoms with E-state index in [9.17, 15) is 18.0 Å². The van der Waals surface area contributed by atoms with Gasteiger partial charge in [-0.05, 0) is 49.4 Å². The lowest BCUT2D eigenvalue weighted by Gasteiger charge is -2.19. The minimum Gasteiger partial charge on any atom is -0.340 e. The second-order valence-corrected chi connectivity index (χ2v) is 5.63. The molecule has 1 aromatic rings. The molecule has 1 rings (SSSR count). The van der Waals surface area contributed by atoms with Crippen LogP contribution in [0.25, 0.3) is 6.08 Å². The minimum absolute atomic E-state index is 0.0951. The smallest absolute Gasteiger partial charge is 0.340 e. The first-order chi connectivity index (χ1) is 9.19. The molecule has 2 nitrogen and oxygen atoms in total. The zero-order valence-electron chi connectivity index (χ0n) is 11.4. The summed E-state index contributed by atoms with van der Waals surface area (Å²) in [5.41, 5.74) is -3.60. The number of hydrogen-bond donors (Lipinski definition) is 0. The van der Waals surface area contributed by atoms with Gasteiger partial charge in [0, 0.05) is 24.1 Å². The van der Waals surface area contributed by atoms with Crippen LogP contribution in [-0.2, 0) is 4.79 Å². The number of carbonyl (C=O) groups excluding carboxylic acids is 1. The normalized spacial score (nSPS) is 12.2. The molecule has 20 heavy (non-hydrogen) atoms. The van der Waals surface area contributed by atoms with Gasteiger partial charge in [0.05, 0.1) is 0 Å². The van der Waals surface area contributed by atoms with E-state index in [0.29, 0.717) is 5.56 Å². The number of amides is 1. The Labute approximate surface area is 120 Å². The molecule has 0 heterocycles. The Bertz CT molecular complexity index is 480. The van der Waals surface area contributed by atoms with Crippen molar-refractivity contribution >= 4 is 23.7 Å². The number of nitrogens with zero attached hydrogens (tertiary/aromatic N) is 1. The second kappa shape index (κ2) is 6.83. The van der Waals surface area contributed by atoms with Gasteiger partial charge >= 0.3 is 5.51 Å². The molecule has 0 aliphatic heterocycles. The molecule has 110 valence electrons. The highest BCUT2D eigenvalue weighted by Gasteiger charge is 2.28. The molecule has 0 aliphatic rings. The molecule has 0 unspecified atom stereocenters. The number of thioether (sulfide) groups is 1. The Morgan fingerprint density at radius 1 is 1.25 bits per heavy atom. The maximum Gasteiger partial charge on any atom is 0.446 e. The Morgan fingerprint density at radius 3 is 2.25 bits per heavy atom. The molecule has 0 aliphatic carbocycles. The number of benzene rings is 1. The molecule has 6 heteroatoms. The summed E-state index contributed by atoms with van der Waals surface area (Å²) in [6.45, 7) is 3.80. The highest BCUT2D eigenvalue weighted by molar-refractivity contribution is 8.00. The number of hydrogen-bond acceptors (Lipinski definition) is 2. The van der Waals surface area contributed by atoms with Gasteiger partial charge in [-0.2, -0.15) is 13.2 Å². The predicted molar refractivity (Wildman–Crippen MR) is 75.3 cm³/mol. The Balaban J connectivity index is 2.68. The summed E-state index contributed by atoms with van der Waals surface area (Å²) in [7, 11) is 1.69. The van der Waals surface area contributed by atoms with Crippen LogP contribution in [0, 0.1) is 0 Å². The van der Waals surface area contributed by atoms with Crippen LogP contribution in [0.5, 0.6) is 0 Å². The van der Waals surface area contributed by atoms with E-state index in [2.05, 4.69) is 0 Å². The van der Waals surface area contributed by atoms with Crippen LogP contribution in [0.1, 0.15) is 19.4 Å². The van der Waals surface area contributed by atoms with E-state index >= 15 is 0 Å². The van der Waals surface area contributed by atoms with E-state index in [-0.39, 0.29) is 28.6 Å². The van der Waals surface area contributed by atoms with Gasteiger partial charge in [0.25, 0.3) is 0 Å². The van der Waals surface area contributed by atoms with Gasteiger partial charge in [0.1, 0.15) is 0 Å². The molecule has 0 atom stereocenters. The van der Waals surface area contributed by atoms with E-state index in [0.717, 1.165) is 0 Å². The predicted octanol–water partition coefficient (Wildman–Crippen LogP) is 4.18. The van der Waals surface area contributed by atoms with Crippen LogP contribution in [0.15, 0.2) is 35.2 Å². The van der Waals surface area contributed by atoms with E-state index in [4.69, 9.17) is 0 Å². The van der Waals surface area contributed by atoms with Crippen molar-refractivity contribution in [1.82, 2.24) is 4.90 Å². The van der Waals surface area contributed by atoms with Crippen molar-refractivity contribution in [2.75, 3.05) is 7.05 Å². The van der Waals surface area contributed by atoms with Gasteiger partial charge in [-0.3, -0.25) is 4.79 Å². The summed E-state index contributed by atoms with van der Waals surface area (Å²) < 4.78 is 36.5. The van der Waals surface area contributed by atoms with Crippen LogP contribution < -0.4 is 0 Å². The average Bonchev–Trinajstić information content (AvgIpc) is 2.34. The van der Waals surface area contributed by atoms with Gasteiger partial charge < -0.3 is 4.90 Å². The molecular weight excluding hydrogens is 287 g/mol. The lowest BCUT2D eigenvalue weighted by atomic mass is 10.2. The summed E-state index contributed by atoms with van der Waals surface area (Å²) in [6, 6.07) is 5.96. The number of carbonyl (C=O) groups is 1. The standard InChI is InChI=1S/C14H16F3NOS/c1-10(2)18(3)13(19)9-6-11-4-7-12(8-5-11)20-14(15,16)17/h4-10H,1-3H3/b9-6+. The SMILES string of the molecule is CC(C)N(C)C(=O)/C=C/c1ccc(SC(F)(F)F)cc1. The Hall–Kier alpha value is -1.43. The Morgan fingerprint density at radius 2 is 1.80 bits per heavy atom. The maximum absolute atomic E-state index is 12.2. The lowest BCUT2D eigenvalue weighted by molar-refractivity contribution is -0.126. The Kier molecular flexibility index (Phi) is 5.68. The van der Waals surface area contributed by atoms with Crippen LogP contribution in [0.2, 0.25) is 0 Å². The third kappa shape index (κ3) is 5.69. The fourth-order valence-corrected chi connectivity index (χ4v) is 1.86. The van der Waals surface area contributed by atoms with Gasteiger partial charge in [0.2, 0.25) is 5.91 Å². The first-order valence-corrected chi connectivity index (χ1v) is 6.81. The molecular formula is C14H16F3NOS. The third-order valence-electron chi connectivity index (χ3n) is 2.65. The van der Waals surface area contributed by atoms with E-state index in [1.807, 2.05) is 13.8 Å². The first kappa shape index (κ1) is 16.6. The zero-order valence-corrected chi connectivity index (χ0v) is 12.3.